The maximum atomic E-state index is 12.5. The number of sulfonamides is 1. The highest BCUT2D eigenvalue weighted by Gasteiger charge is 2.20. The molecule has 0 bridgehead atoms. The quantitative estimate of drug-likeness (QED) is 0.401. The van der Waals surface area contributed by atoms with E-state index >= 15 is 0 Å². The number of hydrogen-bond donors (Lipinski definition) is 4. The molecule has 1 aliphatic heterocycles. The number of carbonyl (C=O) groups excluding carboxylic acids is 1. The molecule has 1 amide bonds. The Balaban J connectivity index is 1.58. The lowest BCUT2D eigenvalue weighted by Crippen LogP contribution is -2.48. The molecular formula is C17H20N4O4S3. The van der Waals surface area contributed by atoms with Gasteiger partial charge in [0.25, 0.3) is 15.9 Å². The van der Waals surface area contributed by atoms with Gasteiger partial charge in [0.05, 0.1) is 17.4 Å². The molecule has 0 spiro atoms. The Bertz CT molecular complexity index is 926. The van der Waals surface area contributed by atoms with Crippen LogP contribution in [0.4, 0.5) is 5.69 Å². The van der Waals surface area contributed by atoms with Crippen molar-refractivity contribution in [3.05, 3.63) is 47.3 Å². The van der Waals surface area contributed by atoms with Gasteiger partial charge in [0.15, 0.2) is 5.11 Å². The molecule has 4 N–H and O–H groups in total. The number of carbonyl (C=O) groups is 1. The molecule has 11 heteroatoms. The number of ether oxygens (including phenoxy) is 1. The predicted octanol–water partition coefficient (Wildman–Crippen LogP) is 1.84. The number of hydrogen-bond acceptors (Lipinski definition) is 6. The van der Waals surface area contributed by atoms with Gasteiger partial charge in [0.2, 0.25) is 0 Å². The van der Waals surface area contributed by atoms with E-state index in [1.54, 1.807) is 23.6 Å². The van der Waals surface area contributed by atoms with Crippen LogP contribution in [0, 0.1) is 0 Å². The molecule has 8 nitrogen and oxygen atoms in total. The number of rotatable bonds is 6. The summed E-state index contributed by atoms with van der Waals surface area (Å²) in [4.78, 5) is 12.5. The van der Waals surface area contributed by atoms with Crippen LogP contribution in [0.2, 0.25) is 0 Å². The lowest BCUT2D eigenvalue weighted by molar-refractivity contribution is 0.0944. The summed E-state index contributed by atoms with van der Waals surface area (Å²) in [5, 5.41) is 4.89. The Labute approximate surface area is 172 Å². The van der Waals surface area contributed by atoms with Crippen LogP contribution in [-0.4, -0.2) is 38.7 Å². The van der Waals surface area contributed by atoms with Gasteiger partial charge in [0, 0.05) is 13.2 Å². The van der Waals surface area contributed by atoms with Crippen molar-refractivity contribution in [3.8, 4) is 0 Å². The average molecular weight is 441 g/mol. The Morgan fingerprint density at radius 3 is 2.75 bits per heavy atom. The number of nitrogens with one attached hydrogen (secondary N) is 4. The van der Waals surface area contributed by atoms with Gasteiger partial charge < -0.3 is 10.1 Å². The van der Waals surface area contributed by atoms with Crippen molar-refractivity contribution in [2.45, 2.75) is 23.2 Å². The maximum absolute atomic E-state index is 12.5. The van der Waals surface area contributed by atoms with Gasteiger partial charge in [-0.05, 0) is 48.6 Å². The highest BCUT2D eigenvalue weighted by molar-refractivity contribution is 7.94. The van der Waals surface area contributed by atoms with E-state index in [1.807, 2.05) is 0 Å². The fourth-order valence-corrected chi connectivity index (χ4v) is 4.83. The molecule has 1 aromatic carbocycles. The van der Waals surface area contributed by atoms with Crippen molar-refractivity contribution >= 4 is 50.3 Å². The first-order valence-electron chi connectivity index (χ1n) is 8.57. The molecule has 1 atom stereocenters. The first-order valence-corrected chi connectivity index (χ1v) is 11.3. The molecule has 0 aliphatic carbocycles. The smallest absolute Gasteiger partial charge is 0.271 e. The summed E-state index contributed by atoms with van der Waals surface area (Å²) in [5.41, 5.74) is 5.42. The number of anilines is 1. The zero-order valence-electron chi connectivity index (χ0n) is 14.8. The minimum Gasteiger partial charge on any atom is -0.376 e. The van der Waals surface area contributed by atoms with Crippen LogP contribution in [0.25, 0.3) is 0 Å². The van der Waals surface area contributed by atoms with E-state index in [-0.39, 0.29) is 26.7 Å². The van der Waals surface area contributed by atoms with Crippen molar-refractivity contribution in [1.29, 1.82) is 0 Å². The number of benzene rings is 1. The van der Waals surface area contributed by atoms with Gasteiger partial charge in [-0.3, -0.25) is 20.4 Å². The Morgan fingerprint density at radius 1 is 1.21 bits per heavy atom. The van der Waals surface area contributed by atoms with Gasteiger partial charge >= 0.3 is 0 Å². The summed E-state index contributed by atoms with van der Waals surface area (Å²) in [7, 11) is -3.76. The van der Waals surface area contributed by atoms with Crippen molar-refractivity contribution in [2.75, 3.05) is 17.9 Å². The van der Waals surface area contributed by atoms with E-state index in [1.165, 1.54) is 18.2 Å². The van der Waals surface area contributed by atoms with Crippen LogP contribution in [-0.2, 0) is 14.8 Å². The molecule has 3 rings (SSSR count). The third-order valence-corrected chi connectivity index (χ3v) is 6.99. The summed E-state index contributed by atoms with van der Waals surface area (Å²) in [6.45, 7) is 1.31. The Hall–Kier alpha value is -2.21. The van der Waals surface area contributed by atoms with E-state index in [2.05, 4.69) is 20.9 Å². The van der Waals surface area contributed by atoms with E-state index < -0.39 is 15.9 Å². The molecule has 28 heavy (non-hydrogen) atoms. The summed E-state index contributed by atoms with van der Waals surface area (Å²) in [5.74, 6) is -0.522. The van der Waals surface area contributed by atoms with Gasteiger partial charge in [0.1, 0.15) is 4.21 Å². The van der Waals surface area contributed by atoms with Crippen molar-refractivity contribution < 1.29 is 17.9 Å². The molecule has 1 aromatic heterocycles. The van der Waals surface area contributed by atoms with Crippen LogP contribution in [0.3, 0.4) is 0 Å². The predicted molar refractivity (Wildman–Crippen MR) is 112 cm³/mol. The second-order valence-electron chi connectivity index (χ2n) is 6.01. The molecule has 0 radical (unpaired) electrons. The molecule has 0 unspecified atom stereocenters. The topological polar surface area (TPSA) is 109 Å². The highest BCUT2D eigenvalue weighted by Crippen LogP contribution is 2.22. The van der Waals surface area contributed by atoms with E-state index in [0.717, 1.165) is 30.8 Å². The molecule has 0 saturated carbocycles. The van der Waals surface area contributed by atoms with Crippen LogP contribution < -0.4 is 20.9 Å². The number of hydrazine groups is 1. The van der Waals surface area contributed by atoms with Gasteiger partial charge in [-0.2, -0.15) is 0 Å². The number of thiocarbonyl (C=S) groups is 1. The number of para-hydroxylation sites is 1. The fourth-order valence-electron chi connectivity index (χ4n) is 2.62. The number of thiophene rings is 1. The second-order valence-corrected chi connectivity index (χ2v) is 9.27. The van der Waals surface area contributed by atoms with Crippen molar-refractivity contribution in [3.63, 3.8) is 0 Å². The lowest BCUT2D eigenvalue weighted by atomic mass is 10.2. The first kappa shape index (κ1) is 20.5. The molecular weight excluding hydrogens is 420 g/mol. The van der Waals surface area contributed by atoms with Gasteiger partial charge in [-0.1, -0.05) is 18.2 Å². The molecule has 1 saturated heterocycles. The van der Waals surface area contributed by atoms with Crippen molar-refractivity contribution in [2.24, 2.45) is 0 Å². The molecule has 2 aromatic rings. The van der Waals surface area contributed by atoms with Crippen LogP contribution in [0.5, 0.6) is 0 Å². The third kappa shape index (κ3) is 5.41. The summed E-state index contributed by atoms with van der Waals surface area (Å²) in [6.07, 6.45) is 2.11. The maximum Gasteiger partial charge on any atom is 0.271 e. The Morgan fingerprint density at radius 2 is 2.04 bits per heavy atom. The third-order valence-electron chi connectivity index (χ3n) is 3.98. The number of amides is 1. The normalized spacial score (nSPS) is 16.4. The summed E-state index contributed by atoms with van der Waals surface area (Å²) < 4.78 is 33.0. The molecule has 150 valence electrons. The van der Waals surface area contributed by atoms with E-state index in [4.69, 9.17) is 17.0 Å². The van der Waals surface area contributed by atoms with Crippen LogP contribution in [0.15, 0.2) is 46.0 Å². The summed E-state index contributed by atoms with van der Waals surface area (Å²) >= 11 is 6.22. The lowest BCUT2D eigenvalue weighted by Gasteiger charge is -2.15. The zero-order chi connectivity index (χ0) is 20.0. The Kier molecular flexibility index (Phi) is 6.83. The van der Waals surface area contributed by atoms with Crippen molar-refractivity contribution in [1.82, 2.24) is 16.2 Å². The second kappa shape index (κ2) is 9.32. The minimum absolute atomic E-state index is 0.114. The summed E-state index contributed by atoms with van der Waals surface area (Å²) in [6, 6.07) is 9.47. The largest absolute Gasteiger partial charge is 0.376 e. The highest BCUT2D eigenvalue weighted by atomic mass is 32.2. The van der Waals surface area contributed by atoms with E-state index in [9.17, 15) is 13.2 Å². The van der Waals surface area contributed by atoms with Crippen LogP contribution >= 0.6 is 23.6 Å². The van der Waals surface area contributed by atoms with E-state index in [0.29, 0.717) is 6.54 Å². The standard InChI is InChI=1S/C17H20N4O4S3/c22-16(19-20-17(26)18-11-12-5-3-9-25-12)13-6-1-2-7-14(13)21-28(23,24)15-8-4-10-27-15/h1-2,4,6-8,10,12,21H,3,5,9,11H2,(H,19,22)(H2,18,20,26)/t12-/m0/s1. The van der Waals surface area contributed by atoms with Crippen LogP contribution in [0.1, 0.15) is 23.2 Å². The fraction of sp³-hybridized carbons (Fsp3) is 0.294. The van der Waals surface area contributed by atoms with Gasteiger partial charge in [-0.25, -0.2) is 8.42 Å². The molecule has 1 aliphatic rings. The molecule has 1 fully saturated rings. The SMILES string of the molecule is O=C(NNC(=S)NC[C@@H]1CCCO1)c1ccccc1NS(=O)(=O)c1cccs1. The monoisotopic (exact) mass is 440 g/mol. The minimum atomic E-state index is -3.76. The van der Waals surface area contributed by atoms with Gasteiger partial charge in [-0.15, -0.1) is 11.3 Å². The average Bonchev–Trinajstić information content (AvgIpc) is 3.38. The first-order chi connectivity index (χ1) is 13.5. The molecule has 2 heterocycles. The zero-order valence-corrected chi connectivity index (χ0v) is 17.3.